The Morgan fingerprint density at radius 1 is 1.25 bits per heavy atom. The van der Waals surface area contributed by atoms with Crippen molar-refractivity contribution in [3.8, 4) is 0 Å². The van der Waals surface area contributed by atoms with Crippen molar-refractivity contribution >= 4 is 5.84 Å². The molecule has 10 nitrogen and oxygen atoms in total. The second-order valence-electron chi connectivity index (χ2n) is 3.28. The molecule has 3 N–H and O–H groups in total. The Morgan fingerprint density at radius 2 is 1.88 bits per heavy atom. The summed E-state index contributed by atoms with van der Waals surface area (Å²) in [6.45, 7) is 1.73. The number of amidine groups is 1. The van der Waals surface area contributed by atoms with Gasteiger partial charge in [0.1, 0.15) is 16.0 Å². The smallest absolute Gasteiger partial charge is 0.351 e. The molecule has 2 heterocycles. The molecule has 2 aliphatic rings. The van der Waals surface area contributed by atoms with E-state index < -0.39 is 21.8 Å². The van der Waals surface area contributed by atoms with Crippen molar-refractivity contribution in [2.45, 2.75) is 19.3 Å². The van der Waals surface area contributed by atoms with E-state index in [1.807, 2.05) is 0 Å². The van der Waals surface area contributed by atoms with Crippen LogP contribution in [0.15, 0.2) is 16.6 Å². The van der Waals surface area contributed by atoms with E-state index in [4.69, 9.17) is 0 Å². The lowest BCUT2D eigenvalue weighted by Gasteiger charge is -2.06. The van der Waals surface area contributed by atoms with Crippen LogP contribution in [0.3, 0.4) is 0 Å². The van der Waals surface area contributed by atoms with E-state index >= 15 is 0 Å². The van der Waals surface area contributed by atoms with Crippen LogP contribution in [0, 0.1) is 20.2 Å². The second kappa shape index (κ2) is 3.32. The number of rotatable bonds is 2. The minimum Gasteiger partial charge on any atom is -0.351 e. The van der Waals surface area contributed by atoms with Gasteiger partial charge in [0.2, 0.25) is 0 Å². The van der Waals surface area contributed by atoms with E-state index in [0.717, 1.165) is 0 Å². The van der Waals surface area contributed by atoms with Gasteiger partial charge in [0.25, 0.3) is 5.82 Å². The number of hydrogen-bond donors (Lipinski definition) is 3. The molecule has 2 rings (SSSR count). The summed E-state index contributed by atoms with van der Waals surface area (Å²) in [5, 5.41) is 29.0. The van der Waals surface area contributed by atoms with E-state index in [-0.39, 0.29) is 12.0 Å². The van der Waals surface area contributed by atoms with Gasteiger partial charge in [0.15, 0.2) is 6.17 Å². The summed E-state index contributed by atoms with van der Waals surface area (Å²) in [7, 11) is 0. The van der Waals surface area contributed by atoms with Crippen molar-refractivity contribution in [2.24, 2.45) is 4.99 Å². The van der Waals surface area contributed by atoms with Gasteiger partial charge < -0.3 is 16.0 Å². The standard InChI is InChI=1S/C6H8N6O4/c1-2-7-3-4(8-2)10-5(9-3)6(11(13)14)12(15)16/h3-4,9-10H,1H3,(H,7,8). The molecule has 0 aromatic rings. The van der Waals surface area contributed by atoms with E-state index in [1.165, 1.54) is 0 Å². The first-order valence-electron chi connectivity index (χ1n) is 4.36. The fourth-order valence-corrected chi connectivity index (χ4v) is 1.58. The molecule has 86 valence electrons. The molecule has 0 radical (unpaired) electrons. The van der Waals surface area contributed by atoms with Crippen LogP contribution in [-0.2, 0) is 0 Å². The topological polar surface area (TPSA) is 135 Å². The summed E-state index contributed by atoms with van der Waals surface area (Å²) in [6.07, 6.45) is -0.838. The van der Waals surface area contributed by atoms with Crippen molar-refractivity contribution in [3.05, 3.63) is 31.9 Å². The molecule has 2 atom stereocenters. The van der Waals surface area contributed by atoms with Crippen molar-refractivity contribution in [1.29, 1.82) is 0 Å². The van der Waals surface area contributed by atoms with E-state index in [9.17, 15) is 20.2 Å². The molecule has 0 amide bonds. The number of aliphatic imine (C=N–C) groups is 1. The summed E-state index contributed by atoms with van der Waals surface area (Å²) in [6, 6.07) is 0. The molecular weight excluding hydrogens is 220 g/mol. The van der Waals surface area contributed by atoms with Crippen LogP contribution in [0.2, 0.25) is 0 Å². The van der Waals surface area contributed by atoms with Gasteiger partial charge in [-0.15, -0.1) is 0 Å². The van der Waals surface area contributed by atoms with Gasteiger partial charge in [0.05, 0.1) is 5.84 Å². The highest BCUT2D eigenvalue weighted by atomic mass is 16.7. The highest BCUT2D eigenvalue weighted by Crippen LogP contribution is 2.15. The summed E-state index contributed by atoms with van der Waals surface area (Å²) in [4.78, 5) is 22.9. The lowest BCUT2D eigenvalue weighted by molar-refractivity contribution is -0.618. The molecule has 1 saturated heterocycles. The maximum atomic E-state index is 10.5. The molecule has 0 spiro atoms. The zero-order valence-electron chi connectivity index (χ0n) is 8.13. The van der Waals surface area contributed by atoms with Crippen molar-refractivity contribution in [2.75, 3.05) is 0 Å². The molecule has 0 aromatic heterocycles. The predicted molar refractivity (Wildman–Crippen MR) is 51.1 cm³/mol. The number of nitro groups is 2. The average Bonchev–Trinajstić information content (AvgIpc) is 2.59. The van der Waals surface area contributed by atoms with Gasteiger partial charge in [-0.3, -0.25) is 20.2 Å². The maximum absolute atomic E-state index is 10.5. The molecular formula is C6H8N6O4. The molecule has 0 aliphatic carbocycles. The van der Waals surface area contributed by atoms with Crippen molar-refractivity contribution in [3.63, 3.8) is 0 Å². The maximum Gasteiger partial charge on any atom is 0.599 e. The Labute approximate surface area is 88.7 Å². The minimum atomic E-state index is -1.11. The third-order valence-electron chi connectivity index (χ3n) is 2.17. The van der Waals surface area contributed by atoms with Crippen LogP contribution in [0.25, 0.3) is 0 Å². The third-order valence-corrected chi connectivity index (χ3v) is 2.17. The minimum absolute atomic E-state index is 0.228. The summed E-state index contributed by atoms with van der Waals surface area (Å²) in [5.41, 5.74) is 0. The molecule has 16 heavy (non-hydrogen) atoms. The van der Waals surface area contributed by atoms with E-state index in [0.29, 0.717) is 5.84 Å². The molecule has 2 aliphatic heterocycles. The number of nitrogens with zero attached hydrogens (tertiary/aromatic N) is 3. The fourth-order valence-electron chi connectivity index (χ4n) is 1.58. The Hall–Kier alpha value is -2.39. The first kappa shape index (κ1) is 10.1. The van der Waals surface area contributed by atoms with Gasteiger partial charge in [-0.25, -0.2) is 4.99 Å². The van der Waals surface area contributed by atoms with Crippen molar-refractivity contribution in [1.82, 2.24) is 16.0 Å². The lowest BCUT2D eigenvalue weighted by Crippen LogP contribution is -2.40. The van der Waals surface area contributed by atoms with Crippen LogP contribution in [0.1, 0.15) is 6.92 Å². The van der Waals surface area contributed by atoms with Gasteiger partial charge in [-0.05, 0) is 6.92 Å². The van der Waals surface area contributed by atoms with Crippen LogP contribution in [0.5, 0.6) is 0 Å². The molecule has 1 fully saturated rings. The SMILES string of the molecule is CC1=NC2NC(=C([N+](=O)[O-])[N+](=O)[O-])NC2N1. The Kier molecular flexibility index (Phi) is 2.11. The molecule has 10 heteroatoms. The highest BCUT2D eigenvalue weighted by molar-refractivity contribution is 5.82. The van der Waals surface area contributed by atoms with Gasteiger partial charge in [-0.2, -0.15) is 0 Å². The van der Waals surface area contributed by atoms with E-state index in [2.05, 4.69) is 20.9 Å². The van der Waals surface area contributed by atoms with Crippen molar-refractivity contribution < 1.29 is 9.85 Å². The zero-order chi connectivity index (χ0) is 11.9. The summed E-state index contributed by atoms with van der Waals surface area (Å²) >= 11 is 0. The Balaban J connectivity index is 2.28. The summed E-state index contributed by atoms with van der Waals surface area (Å²) < 4.78 is 0. The molecule has 0 bridgehead atoms. The van der Waals surface area contributed by atoms with Crippen LogP contribution < -0.4 is 16.0 Å². The number of nitrogens with one attached hydrogen (secondary N) is 3. The predicted octanol–water partition coefficient (Wildman–Crippen LogP) is -1.47. The largest absolute Gasteiger partial charge is 0.599 e. The normalized spacial score (nSPS) is 26.1. The average molecular weight is 228 g/mol. The molecule has 0 aromatic carbocycles. The first-order chi connectivity index (χ1) is 7.49. The van der Waals surface area contributed by atoms with Gasteiger partial charge >= 0.3 is 5.82 Å². The monoisotopic (exact) mass is 228 g/mol. The molecule has 0 saturated carbocycles. The Morgan fingerprint density at radius 3 is 2.38 bits per heavy atom. The highest BCUT2D eigenvalue weighted by Gasteiger charge is 2.43. The van der Waals surface area contributed by atoms with Crippen LogP contribution >= 0.6 is 0 Å². The number of hydrogen-bond acceptors (Lipinski definition) is 8. The number of fused-ring (bicyclic) bond motifs is 1. The van der Waals surface area contributed by atoms with E-state index in [1.54, 1.807) is 6.92 Å². The van der Waals surface area contributed by atoms with Gasteiger partial charge in [-0.1, -0.05) is 0 Å². The van der Waals surface area contributed by atoms with Crippen LogP contribution in [-0.4, -0.2) is 28.0 Å². The van der Waals surface area contributed by atoms with Crippen LogP contribution in [0.4, 0.5) is 0 Å². The quantitative estimate of drug-likeness (QED) is 0.388. The molecule has 2 unspecified atom stereocenters. The Bertz CT molecular complexity index is 413. The first-order valence-corrected chi connectivity index (χ1v) is 4.36. The van der Waals surface area contributed by atoms with Gasteiger partial charge in [0, 0.05) is 0 Å². The lowest BCUT2D eigenvalue weighted by atomic mass is 10.4. The second-order valence-corrected chi connectivity index (χ2v) is 3.28. The summed E-state index contributed by atoms with van der Waals surface area (Å²) in [5.74, 6) is -0.671. The zero-order valence-corrected chi connectivity index (χ0v) is 8.13. The third kappa shape index (κ3) is 1.49. The fraction of sp³-hybridized carbons (Fsp3) is 0.500.